The lowest BCUT2D eigenvalue weighted by atomic mass is 9.71. The quantitative estimate of drug-likeness (QED) is 0.186. The molecule has 0 unspecified atom stereocenters. The Balaban J connectivity index is 1.15. The van der Waals surface area contributed by atoms with E-state index in [1.54, 1.807) is 71.2 Å². The van der Waals surface area contributed by atoms with E-state index in [4.69, 9.17) is 9.98 Å². The van der Waals surface area contributed by atoms with Crippen molar-refractivity contribution in [3.05, 3.63) is 125 Å². The predicted octanol–water partition coefficient (Wildman–Crippen LogP) is 9.66. The molecule has 8 nitrogen and oxygen atoms in total. The minimum absolute atomic E-state index is 0.113. The van der Waals surface area contributed by atoms with Gasteiger partial charge in [-0.15, -0.1) is 22.7 Å². The van der Waals surface area contributed by atoms with E-state index in [2.05, 4.69) is 41.5 Å². The monoisotopic (exact) mass is 748 g/mol. The van der Waals surface area contributed by atoms with Crippen LogP contribution in [0.25, 0.3) is 33.1 Å². The second-order valence-corrected chi connectivity index (χ2v) is 17.7. The number of ketones is 2. The van der Waals surface area contributed by atoms with Gasteiger partial charge in [0.1, 0.15) is 46.8 Å². The fraction of sp³-hybridized carbons (Fsp3) is 0.200. The van der Waals surface area contributed by atoms with Crippen LogP contribution in [0.5, 0.6) is 0 Å². The molecule has 0 radical (unpaired) electrons. The highest BCUT2D eigenvalue weighted by Gasteiger charge is 2.53. The number of allylic oxidation sites excluding steroid dienone is 6. The summed E-state index contributed by atoms with van der Waals surface area (Å²) < 4.78 is 0. The van der Waals surface area contributed by atoms with Crippen LogP contribution in [-0.4, -0.2) is 23.0 Å². The van der Waals surface area contributed by atoms with Gasteiger partial charge in [-0.25, -0.2) is 9.98 Å². The first-order chi connectivity index (χ1) is 26.2. The Hall–Kier alpha value is -6.56. The number of rotatable bonds is 2. The first-order valence-electron chi connectivity index (χ1n) is 17.6. The molecule has 10 heteroatoms. The second-order valence-electron chi connectivity index (χ2n) is 15.6. The molecule has 55 heavy (non-hydrogen) atoms. The number of nitrogens with zero attached hydrogens (tertiary/aromatic N) is 6. The molecular formula is C45H28N6O2S2. The van der Waals surface area contributed by atoms with Crippen LogP contribution in [-0.2, 0) is 16.2 Å². The first-order valence-corrected chi connectivity index (χ1v) is 19.2. The van der Waals surface area contributed by atoms with Gasteiger partial charge in [-0.1, -0.05) is 90.1 Å². The van der Waals surface area contributed by atoms with Crippen molar-refractivity contribution in [2.75, 3.05) is 0 Å². The SMILES string of the molecule is CC1(C)C(N=C2C(=O)c3ccccc3C2=C(C#N)C#N)=Cc2sc3c(c21)C(C)(C)c1c-3sc2c1C(C)(C)C(N=C1C(=O)c3ccccc3C1=C(C#N)C#N)=C2. The highest BCUT2D eigenvalue weighted by molar-refractivity contribution is 7.23. The van der Waals surface area contributed by atoms with Crippen molar-refractivity contribution in [2.24, 2.45) is 9.98 Å². The van der Waals surface area contributed by atoms with E-state index in [1.807, 2.05) is 36.4 Å². The molecule has 0 atom stereocenters. The Bertz CT molecular complexity index is 2740. The highest BCUT2D eigenvalue weighted by Crippen LogP contribution is 2.66. The van der Waals surface area contributed by atoms with Gasteiger partial charge in [0.15, 0.2) is 0 Å². The molecule has 0 bridgehead atoms. The van der Waals surface area contributed by atoms with E-state index in [-0.39, 0.29) is 45.3 Å². The summed E-state index contributed by atoms with van der Waals surface area (Å²) in [5, 5.41) is 39.4. The predicted molar refractivity (Wildman–Crippen MR) is 214 cm³/mol. The van der Waals surface area contributed by atoms with Gasteiger partial charge in [0, 0.05) is 58.0 Å². The van der Waals surface area contributed by atoms with Crippen molar-refractivity contribution < 1.29 is 9.59 Å². The number of aliphatic imine (C=N–C) groups is 2. The van der Waals surface area contributed by atoms with Crippen LogP contribution < -0.4 is 0 Å². The topological polar surface area (TPSA) is 154 Å². The number of nitriles is 4. The molecular weight excluding hydrogens is 721 g/mol. The van der Waals surface area contributed by atoms with Gasteiger partial charge in [-0.3, -0.25) is 9.59 Å². The average molecular weight is 749 g/mol. The molecule has 2 aromatic carbocycles. The van der Waals surface area contributed by atoms with Gasteiger partial charge in [-0.05, 0) is 45.5 Å². The first kappa shape index (κ1) is 34.2. The summed E-state index contributed by atoms with van der Waals surface area (Å²) in [6.07, 6.45) is 4.09. The molecule has 262 valence electrons. The highest BCUT2D eigenvalue weighted by atomic mass is 32.1. The number of carbonyl (C=O) groups excluding carboxylic acids is 2. The zero-order valence-corrected chi connectivity index (χ0v) is 32.2. The Morgan fingerprint density at radius 3 is 1.22 bits per heavy atom. The molecule has 0 saturated heterocycles. The van der Waals surface area contributed by atoms with Crippen LogP contribution in [0, 0.1) is 45.3 Å². The number of hydrogen-bond acceptors (Lipinski definition) is 10. The van der Waals surface area contributed by atoms with E-state index >= 15 is 0 Å². The molecule has 2 heterocycles. The lowest BCUT2D eigenvalue weighted by Crippen LogP contribution is -2.27. The summed E-state index contributed by atoms with van der Waals surface area (Å²) in [6, 6.07) is 21.9. The number of fused-ring (bicyclic) bond motifs is 9. The number of carbonyl (C=O) groups is 2. The molecule has 5 aliphatic carbocycles. The molecule has 9 rings (SSSR count). The number of Topliss-reactive ketones (excluding diaryl/α,β-unsaturated/α-hetero) is 2. The summed E-state index contributed by atoms with van der Waals surface area (Å²) in [5.41, 5.74) is 6.90. The Morgan fingerprint density at radius 2 is 0.873 bits per heavy atom. The van der Waals surface area contributed by atoms with Gasteiger partial charge < -0.3 is 0 Å². The van der Waals surface area contributed by atoms with Crippen molar-refractivity contribution in [3.63, 3.8) is 0 Å². The van der Waals surface area contributed by atoms with Crippen LogP contribution in [0.1, 0.15) is 105 Å². The van der Waals surface area contributed by atoms with Crippen LogP contribution >= 0.6 is 22.7 Å². The molecule has 0 fully saturated rings. The van der Waals surface area contributed by atoms with Crippen molar-refractivity contribution in [2.45, 2.75) is 57.8 Å². The van der Waals surface area contributed by atoms with Crippen LogP contribution in [0.4, 0.5) is 0 Å². The maximum absolute atomic E-state index is 13.7. The minimum atomic E-state index is -0.606. The molecule has 0 amide bonds. The van der Waals surface area contributed by atoms with E-state index in [0.717, 1.165) is 20.9 Å². The maximum Gasteiger partial charge on any atom is 0.212 e. The van der Waals surface area contributed by atoms with Gasteiger partial charge in [0.2, 0.25) is 11.6 Å². The summed E-state index contributed by atoms with van der Waals surface area (Å²) >= 11 is 3.43. The lowest BCUT2D eigenvalue weighted by molar-refractivity contribution is 0.106. The van der Waals surface area contributed by atoms with Crippen molar-refractivity contribution >= 4 is 69.0 Å². The van der Waals surface area contributed by atoms with E-state index in [9.17, 15) is 30.6 Å². The summed E-state index contributed by atoms with van der Waals surface area (Å²) in [6.45, 7) is 12.9. The van der Waals surface area contributed by atoms with Crippen LogP contribution in [0.2, 0.25) is 0 Å². The fourth-order valence-electron chi connectivity index (χ4n) is 8.96. The standard InChI is InChI=1S/C45H28N6O2S2/c1-43(2)29(50-37-31(21(17-46)18-47)23-11-7-9-13-25(23)39(37)52)15-27-33(43)35-41(54-27)42-36(45(35,5)6)34-28(55-42)16-30(44(34,3)4)51-38-32(22(19-48)20-49)24-12-8-10-14-26(24)40(38)53/h7-16H,1-6H3. The van der Waals surface area contributed by atoms with E-state index < -0.39 is 16.2 Å². The lowest BCUT2D eigenvalue weighted by Gasteiger charge is -2.32. The molecule has 5 aliphatic rings. The van der Waals surface area contributed by atoms with Crippen molar-refractivity contribution in [3.8, 4) is 34.0 Å². The van der Waals surface area contributed by atoms with Crippen LogP contribution in [0.3, 0.4) is 0 Å². The fourth-order valence-corrected chi connectivity index (χ4v) is 12.2. The third-order valence-corrected chi connectivity index (χ3v) is 14.0. The summed E-state index contributed by atoms with van der Waals surface area (Å²) in [4.78, 5) is 42.0. The Morgan fingerprint density at radius 1 is 0.527 bits per heavy atom. The molecule has 0 aliphatic heterocycles. The maximum atomic E-state index is 13.7. The third-order valence-electron chi connectivity index (χ3n) is 11.6. The number of thiophene rings is 2. The summed E-state index contributed by atoms with van der Waals surface area (Å²) in [7, 11) is 0. The molecule has 0 saturated carbocycles. The molecule has 0 N–H and O–H groups in total. The Kier molecular flexibility index (Phi) is 6.99. The third kappa shape index (κ3) is 4.27. The van der Waals surface area contributed by atoms with Crippen molar-refractivity contribution in [1.29, 1.82) is 21.0 Å². The van der Waals surface area contributed by atoms with Gasteiger partial charge in [0.25, 0.3) is 0 Å². The Labute approximate surface area is 325 Å². The molecule has 2 aromatic heterocycles. The number of hydrogen-bond donors (Lipinski definition) is 0. The number of benzene rings is 2. The van der Waals surface area contributed by atoms with Gasteiger partial charge in [-0.2, -0.15) is 21.0 Å². The van der Waals surface area contributed by atoms with Gasteiger partial charge >= 0.3 is 0 Å². The smallest absolute Gasteiger partial charge is 0.212 e. The molecule has 4 aromatic rings. The second kappa shape index (κ2) is 11.2. The zero-order valence-electron chi connectivity index (χ0n) is 30.6. The average Bonchev–Trinajstić information content (AvgIpc) is 3.99. The van der Waals surface area contributed by atoms with E-state index in [0.29, 0.717) is 33.6 Å². The van der Waals surface area contributed by atoms with Crippen LogP contribution in [0.15, 0.2) is 81.1 Å². The van der Waals surface area contributed by atoms with Gasteiger partial charge in [0.05, 0.1) is 11.4 Å². The largest absolute Gasteiger partial charge is 0.287 e. The zero-order chi connectivity index (χ0) is 38.9. The minimum Gasteiger partial charge on any atom is -0.287 e. The van der Waals surface area contributed by atoms with Crippen molar-refractivity contribution in [1.82, 2.24) is 0 Å². The van der Waals surface area contributed by atoms with E-state index in [1.165, 1.54) is 20.9 Å². The summed E-state index contributed by atoms with van der Waals surface area (Å²) in [5.74, 6) is -0.611. The normalized spacial score (nSPS) is 19.7. The molecule has 0 spiro atoms.